The molecule has 1 N–H and O–H groups in total. The zero-order chi connectivity index (χ0) is 11.7. The van der Waals surface area contributed by atoms with E-state index in [9.17, 15) is 14.4 Å². The Morgan fingerprint density at radius 3 is 2.88 bits per heavy atom. The van der Waals surface area contributed by atoms with Gasteiger partial charge in [0.25, 0.3) is 5.91 Å². The maximum Gasteiger partial charge on any atom is 0.350 e. The van der Waals surface area contributed by atoms with Crippen molar-refractivity contribution in [2.45, 2.75) is 0 Å². The molecule has 1 aromatic rings. The van der Waals surface area contributed by atoms with Gasteiger partial charge in [-0.15, -0.1) is 11.3 Å². The fourth-order valence-electron chi connectivity index (χ4n) is 1.39. The summed E-state index contributed by atoms with van der Waals surface area (Å²) in [4.78, 5) is 35.4. The van der Waals surface area contributed by atoms with Crippen LogP contribution >= 0.6 is 11.3 Å². The van der Waals surface area contributed by atoms with Crippen molar-refractivity contribution in [3.05, 3.63) is 16.3 Å². The van der Waals surface area contributed by atoms with Crippen LogP contribution in [0.25, 0.3) is 0 Å². The highest BCUT2D eigenvalue weighted by Gasteiger charge is 2.33. The van der Waals surface area contributed by atoms with E-state index in [0.29, 0.717) is 0 Å². The molecule has 1 saturated heterocycles. The van der Waals surface area contributed by atoms with Gasteiger partial charge < -0.3 is 10.1 Å². The Hall–Kier alpha value is -1.89. The highest BCUT2D eigenvalue weighted by Crippen LogP contribution is 2.28. The molecule has 7 heteroatoms. The number of hydrogen-bond donors (Lipinski definition) is 1. The molecule has 0 aliphatic carbocycles. The van der Waals surface area contributed by atoms with Gasteiger partial charge in [0.15, 0.2) is 0 Å². The Kier molecular flexibility index (Phi) is 2.61. The van der Waals surface area contributed by atoms with E-state index in [0.717, 1.165) is 16.2 Å². The van der Waals surface area contributed by atoms with Crippen LogP contribution < -0.4 is 10.2 Å². The molecule has 0 atom stereocenters. The summed E-state index contributed by atoms with van der Waals surface area (Å²) in [5, 5.41) is 4.01. The quantitative estimate of drug-likeness (QED) is 0.606. The van der Waals surface area contributed by atoms with Gasteiger partial charge >= 0.3 is 12.0 Å². The van der Waals surface area contributed by atoms with Gasteiger partial charge in [-0.1, -0.05) is 0 Å². The summed E-state index contributed by atoms with van der Waals surface area (Å²) in [5.74, 6) is -0.939. The van der Waals surface area contributed by atoms with Gasteiger partial charge in [0.05, 0.1) is 19.3 Å². The van der Waals surface area contributed by atoms with Crippen LogP contribution in [0.4, 0.5) is 10.5 Å². The number of methoxy groups -OCH3 is 1. The highest BCUT2D eigenvalue weighted by atomic mass is 32.1. The number of urea groups is 1. The number of thiophene rings is 1. The van der Waals surface area contributed by atoms with Crippen LogP contribution in [0.5, 0.6) is 0 Å². The molecule has 0 radical (unpaired) electrons. The number of hydrogen-bond acceptors (Lipinski definition) is 5. The number of esters is 1. The van der Waals surface area contributed by atoms with Gasteiger partial charge in [-0.05, 0) is 11.4 Å². The summed E-state index contributed by atoms with van der Waals surface area (Å²) in [5.41, 5.74) is 0.275. The van der Waals surface area contributed by atoms with Crippen LogP contribution in [-0.2, 0) is 9.53 Å². The summed E-state index contributed by atoms with van der Waals surface area (Å²) in [6.07, 6.45) is 0. The number of anilines is 1. The molecule has 1 fully saturated rings. The van der Waals surface area contributed by atoms with Crippen molar-refractivity contribution in [1.29, 1.82) is 0 Å². The van der Waals surface area contributed by atoms with Crippen molar-refractivity contribution in [3.63, 3.8) is 0 Å². The summed E-state index contributed by atoms with van der Waals surface area (Å²) < 4.78 is 4.57. The first kappa shape index (κ1) is 10.6. The Labute approximate surface area is 94.8 Å². The molecule has 0 bridgehead atoms. The van der Waals surface area contributed by atoms with Gasteiger partial charge in [-0.2, -0.15) is 0 Å². The molecule has 0 spiro atoms. The van der Waals surface area contributed by atoms with Crippen LogP contribution in [0.1, 0.15) is 9.67 Å². The predicted octanol–water partition coefficient (Wildman–Crippen LogP) is 0.591. The average Bonchev–Trinajstić information content (AvgIpc) is 2.84. The molecule has 84 valence electrons. The zero-order valence-corrected chi connectivity index (χ0v) is 9.17. The Morgan fingerprint density at radius 1 is 1.56 bits per heavy atom. The fraction of sp³-hybridized carbons (Fsp3) is 0.222. The molecule has 1 aliphatic rings. The number of rotatable bonds is 2. The third-order valence-electron chi connectivity index (χ3n) is 2.10. The Balaban J connectivity index is 2.40. The van der Waals surface area contributed by atoms with Crippen molar-refractivity contribution in [3.8, 4) is 0 Å². The van der Waals surface area contributed by atoms with Crippen molar-refractivity contribution in [2.24, 2.45) is 0 Å². The van der Waals surface area contributed by atoms with Crippen molar-refractivity contribution in [2.75, 3.05) is 18.6 Å². The second-order valence-electron chi connectivity index (χ2n) is 3.01. The lowest BCUT2D eigenvalue weighted by Gasteiger charge is -2.11. The molecule has 2 rings (SSSR count). The summed E-state index contributed by atoms with van der Waals surface area (Å²) >= 11 is 1.12. The van der Waals surface area contributed by atoms with E-state index in [2.05, 4.69) is 10.1 Å². The molecule has 0 saturated carbocycles. The van der Waals surface area contributed by atoms with Crippen molar-refractivity contribution in [1.82, 2.24) is 5.32 Å². The van der Waals surface area contributed by atoms with Crippen LogP contribution in [0.15, 0.2) is 11.4 Å². The van der Waals surface area contributed by atoms with Crippen LogP contribution in [-0.4, -0.2) is 31.6 Å². The molecular weight excluding hydrogens is 232 g/mol. The summed E-state index contributed by atoms with van der Waals surface area (Å²) in [6, 6.07) is 1.02. The minimum Gasteiger partial charge on any atom is -0.465 e. The third-order valence-corrected chi connectivity index (χ3v) is 2.98. The number of carbonyl (C=O) groups excluding carboxylic acids is 3. The first-order chi connectivity index (χ1) is 7.65. The molecule has 3 amide bonds. The largest absolute Gasteiger partial charge is 0.465 e. The maximum absolute atomic E-state index is 11.4. The molecular formula is C9H8N2O4S. The molecule has 1 aromatic heterocycles. The highest BCUT2D eigenvalue weighted by molar-refractivity contribution is 7.12. The maximum atomic E-state index is 11.4. The van der Waals surface area contributed by atoms with E-state index < -0.39 is 12.0 Å². The van der Waals surface area contributed by atoms with Crippen LogP contribution in [0.2, 0.25) is 0 Å². The van der Waals surface area contributed by atoms with E-state index in [4.69, 9.17) is 0 Å². The van der Waals surface area contributed by atoms with E-state index in [1.807, 2.05) is 0 Å². The predicted molar refractivity (Wildman–Crippen MR) is 56.5 cm³/mol. The van der Waals surface area contributed by atoms with Crippen LogP contribution in [0.3, 0.4) is 0 Å². The molecule has 1 aliphatic heterocycles. The lowest BCUT2D eigenvalue weighted by molar-refractivity contribution is -0.115. The SMILES string of the molecule is COC(=O)c1sccc1N1C(=O)CNC1=O. The number of nitrogens with one attached hydrogen (secondary N) is 1. The number of imide groups is 1. The second-order valence-corrected chi connectivity index (χ2v) is 3.93. The molecule has 2 heterocycles. The van der Waals surface area contributed by atoms with Gasteiger partial charge in [0.2, 0.25) is 0 Å². The van der Waals surface area contributed by atoms with Gasteiger partial charge in [0.1, 0.15) is 4.88 Å². The van der Waals surface area contributed by atoms with E-state index in [1.165, 1.54) is 7.11 Å². The number of amides is 3. The first-order valence-corrected chi connectivity index (χ1v) is 5.29. The number of carbonyl (C=O) groups is 3. The average molecular weight is 240 g/mol. The second kappa shape index (κ2) is 3.93. The monoisotopic (exact) mass is 240 g/mol. The van der Waals surface area contributed by atoms with E-state index >= 15 is 0 Å². The molecule has 6 nitrogen and oxygen atoms in total. The Morgan fingerprint density at radius 2 is 2.31 bits per heavy atom. The van der Waals surface area contributed by atoms with Crippen LogP contribution in [0, 0.1) is 0 Å². The molecule has 0 aromatic carbocycles. The number of nitrogens with zero attached hydrogens (tertiary/aromatic N) is 1. The third kappa shape index (κ3) is 1.54. The molecule has 16 heavy (non-hydrogen) atoms. The van der Waals surface area contributed by atoms with Crippen molar-refractivity contribution >= 4 is 34.9 Å². The minimum atomic E-state index is -0.558. The summed E-state index contributed by atoms with van der Waals surface area (Å²) in [6.45, 7) is -0.0463. The lowest BCUT2D eigenvalue weighted by atomic mass is 10.3. The standard InChI is InChI=1S/C9H8N2O4S/c1-15-8(13)7-5(2-3-16-7)11-6(12)4-10-9(11)14/h2-3H,4H2,1H3,(H,10,14). The minimum absolute atomic E-state index is 0.0463. The van der Waals surface area contributed by atoms with Gasteiger partial charge in [-0.3, -0.25) is 4.79 Å². The van der Waals surface area contributed by atoms with E-state index in [-0.39, 0.29) is 23.0 Å². The zero-order valence-electron chi connectivity index (χ0n) is 8.35. The number of ether oxygens (including phenoxy) is 1. The van der Waals surface area contributed by atoms with Crippen molar-refractivity contribution < 1.29 is 19.1 Å². The van der Waals surface area contributed by atoms with Gasteiger partial charge in [0, 0.05) is 0 Å². The normalized spacial score (nSPS) is 15.2. The topological polar surface area (TPSA) is 75.7 Å². The Bertz CT molecular complexity index is 452. The lowest BCUT2D eigenvalue weighted by Crippen LogP contribution is -2.31. The first-order valence-electron chi connectivity index (χ1n) is 4.41. The van der Waals surface area contributed by atoms with Gasteiger partial charge in [-0.25, -0.2) is 14.5 Å². The molecule has 0 unspecified atom stereocenters. The van der Waals surface area contributed by atoms with E-state index in [1.54, 1.807) is 11.4 Å². The fourth-order valence-corrected chi connectivity index (χ4v) is 2.18. The summed E-state index contributed by atoms with van der Waals surface area (Å²) in [7, 11) is 1.25. The smallest absolute Gasteiger partial charge is 0.350 e.